The molecule has 2 nitrogen and oxygen atoms in total. The van der Waals surface area contributed by atoms with Gasteiger partial charge in [-0.3, -0.25) is 0 Å². The van der Waals surface area contributed by atoms with E-state index < -0.39 is 18.1 Å². The predicted molar refractivity (Wildman–Crippen MR) is 49.9 cm³/mol. The van der Waals surface area contributed by atoms with Crippen molar-refractivity contribution in [2.45, 2.75) is 43.8 Å². The van der Waals surface area contributed by atoms with Crippen molar-refractivity contribution in [1.29, 1.82) is 0 Å². The number of hydrogen-bond acceptors (Lipinski definition) is 2. The Balaban J connectivity index is 1.73. The molecule has 4 atom stereocenters. The van der Waals surface area contributed by atoms with Gasteiger partial charge in [0.25, 0.3) is 0 Å². The first kappa shape index (κ1) is 9.97. The average Bonchev–Trinajstić information content (AvgIpc) is 2.75. The molecular weight excluding hydrogens is 202 g/mol. The monoisotopic (exact) mass is 218 g/mol. The lowest BCUT2D eigenvalue weighted by atomic mass is 9.80. The van der Waals surface area contributed by atoms with E-state index >= 15 is 0 Å². The minimum absolute atomic E-state index is 0.255. The van der Waals surface area contributed by atoms with Crippen molar-refractivity contribution in [2.24, 2.45) is 11.8 Å². The molecule has 4 heteroatoms. The van der Waals surface area contributed by atoms with E-state index in [0.717, 1.165) is 12.8 Å². The van der Waals surface area contributed by atoms with Gasteiger partial charge in [0, 0.05) is 12.8 Å². The molecule has 0 aromatic rings. The second kappa shape index (κ2) is 3.39. The molecule has 15 heavy (non-hydrogen) atoms. The summed E-state index contributed by atoms with van der Waals surface area (Å²) < 4.78 is 37.7. The van der Waals surface area contributed by atoms with Gasteiger partial charge in [-0.2, -0.15) is 0 Å². The molecule has 3 fully saturated rings. The van der Waals surface area contributed by atoms with Gasteiger partial charge in [0.2, 0.25) is 0 Å². The number of fused-ring (bicyclic) bond motifs is 1. The normalized spacial score (nSPS) is 48.4. The molecule has 1 heterocycles. The molecule has 1 aliphatic heterocycles. The molecule has 3 aliphatic rings. The zero-order valence-corrected chi connectivity index (χ0v) is 8.62. The summed E-state index contributed by atoms with van der Waals surface area (Å²) in [5, 5.41) is 0. The zero-order valence-electron chi connectivity index (χ0n) is 8.62. The Morgan fingerprint density at radius 1 is 0.867 bits per heavy atom. The van der Waals surface area contributed by atoms with Crippen molar-refractivity contribution < 1.29 is 18.3 Å². The minimum Gasteiger partial charge on any atom is -0.348 e. The number of halogens is 2. The molecule has 3 rings (SSSR count). The third-order valence-corrected chi connectivity index (χ3v) is 4.07. The lowest BCUT2D eigenvalue weighted by molar-refractivity contribution is -0.154. The molecule has 0 aromatic heterocycles. The van der Waals surface area contributed by atoms with Gasteiger partial charge in [-0.25, -0.2) is 8.78 Å². The standard InChI is InChI=1S/C11H16F2O2/c12-9-3-7-5-11(14-1-2-15-11)6-8(7)4-10(9)13/h7-10H,1-6H2/t7-,8+,9-,10+. The van der Waals surface area contributed by atoms with Crippen LogP contribution >= 0.6 is 0 Å². The Labute approximate surface area is 87.9 Å². The first-order chi connectivity index (χ1) is 7.19. The van der Waals surface area contributed by atoms with Crippen LogP contribution in [-0.2, 0) is 9.47 Å². The van der Waals surface area contributed by atoms with Gasteiger partial charge in [-0.1, -0.05) is 0 Å². The number of alkyl halides is 2. The predicted octanol–water partition coefficient (Wildman–Crippen LogP) is 2.23. The van der Waals surface area contributed by atoms with Crippen molar-refractivity contribution in [2.75, 3.05) is 13.2 Å². The van der Waals surface area contributed by atoms with Crippen LogP contribution in [0.15, 0.2) is 0 Å². The lowest BCUT2D eigenvalue weighted by Gasteiger charge is -2.29. The molecule has 1 spiro atoms. The highest BCUT2D eigenvalue weighted by Gasteiger charge is 2.53. The van der Waals surface area contributed by atoms with Gasteiger partial charge < -0.3 is 9.47 Å². The van der Waals surface area contributed by atoms with Crippen molar-refractivity contribution in [3.63, 3.8) is 0 Å². The van der Waals surface area contributed by atoms with Gasteiger partial charge in [0.15, 0.2) is 5.79 Å². The third kappa shape index (κ3) is 1.58. The van der Waals surface area contributed by atoms with Gasteiger partial charge in [-0.15, -0.1) is 0 Å². The van der Waals surface area contributed by atoms with E-state index in [1.807, 2.05) is 0 Å². The van der Waals surface area contributed by atoms with E-state index in [1.54, 1.807) is 0 Å². The molecule has 86 valence electrons. The van der Waals surface area contributed by atoms with Crippen LogP contribution in [0.5, 0.6) is 0 Å². The molecule has 0 amide bonds. The highest BCUT2D eigenvalue weighted by Crippen LogP contribution is 2.51. The fourth-order valence-corrected chi connectivity index (χ4v) is 3.37. The van der Waals surface area contributed by atoms with Crippen LogP contribution in [-0.4, -0.2) is 31.3 Å². The Hall–Kier alpha value is -0.220. The molecule has 0 N–H and O–H groups in total. The van der Waals surface area contributed by atoms with Gasteiger partial charge in [-0.05, 0) is 24.7 Å². The van der Waals surface area contributed by atoms with Crippen molar-refractivity contribution in [3.8, 4) is 0 Å². The highest BCUT2D eigenvalue weighted by atomic mass is 19.2. The van der Waals surface area contributed by atoms with Crippen LogP contribution in [0.25, 0.3) is 0 Å². The Morgan fingerprint density at radius 3 is 1.80 bits per heavy atom. The van der Waals surface area contributed by atoms with Gasteiger partial charge >= 0.3 is 0 Å². The zero-order chi connectivity index (χ0) is 10.5. The Kier molecular flexibility index (Phi) is 2.25. The quantitative estimate of drug-likeness (QED) is 0.620. The summed E-state index contributed by atoms with van der Waals surface area (Å²) in [5.41, 5.74) is 0. The maximum Gasteiger partial charge on any atom is 0.169 e. The fourth-order valence-electron chi connectivity index (χ4n) is 3.37. The molecule has 2 saturated carbocycles. The maximum atomic E-state index is 13.2. The van der Waals surface area contributed by atoms with E-state index in [4.69, 9.17) is 9.47 Å². The van der Waals surface area contributed by atoms with E-state index in [9.17, 15) is 8.78 Å². The summed E-state index contributed by atoms with van der Waals surface area (Å²) in [6, 6.07) is 0. The lowest BCUT2D eigenvalue weighted by Crippen LogP contribution is -2.31. The summed E-state index contributed by atoms with van der Waals surface area (Å²) in [4.78, 5) is 0. The summed E-state index contributed by atoms with van der Waals surface area (Å²) >= 11 is 0. The average molecular weight is 218 g/mol. The maximum absolute atomic E-state index is 13.2. The Morgan fingerprint density at radius 2 is 1.33 bits per heavy atom. The van der Waals surface area contributed by atoms with E-state index in [-0.39, 0.29) is 11.8 Å². The largest absolute Gasteiger partial charge is 0.348 e. The topological polar surface area (TPSA) is 18.5 Å². The van der Waals surface area contributed by atoms with E-state index in [1.165, 1.54) is 0 Å². The third-order valence-electron chi connectivity index (χ3n) is 4.07. The molecule has 0 bridgehead atoms. The van der Waals surface area contributed by atoms with E-state index in [2.05, 4.69) is 0 Å². The second-order valence-electron chi connectivity index (χ2n) is 5.04. The van der Waals surface area contributed by atoms with Gasteiger partial charge in [0.1, 0.15) is 12.3 Å². The van der Waals surface area contributed by atoms with Crippen molar-refractivity contribution in [3.05, 3.63) is 0 Å². The SMILES string of the molecule is F[C@@H]1C[C@@H]2CC3(C[C@@H]2C[C@@H]1F)OCCO3. The first-order valence-corrected chi connectivity index (χ1v) is 5.75. The number of rotatable bonds is 0. The summed E-state index contributed by atoms with van der Waals surface area (Å²) in [6.07, 6.45) is -0.346. The first-order valence-electron chi connectivity index (χ1n) is 5.75. The summed E-state index contributed by atoms with van der Waals surface area (Å²) in [5.74, 6) is 0.0225. The number of hydrogen-bond donors (Lipinski definition) is 0. The van der Waals surface area contributed by atoms with Crippen LogP contribution in [0, 0.1) is 11.8 Å². The molecule has 1 saturated heterocycles. The van der Waals surface area contributed by atoms with Crippen LogP contribution in [0.3, 0.4) is 0 Å². The smallest absolute Gasteiger partial charge is 0.169 e. The molecular formula is C11H16F2O2. The van der Waals surface area contributed by atoms with Crippen LogP contribution in [0.1, 0.15) is 25.7 Å². The molecule has 0 unspecified atom stereocenters. The van der Waals surface area contributed by atoms with Crippen LogP contribution in [0.4, 0.5) is 8.78 Å². The highest BCUT2D eigenvalue weighted by molar-refractivity contribution is 4.97. The van der Waals surface area contributed by atoms with Crippen molar-refractivity contribution in [1.82, 2.24) is 0 Å². The van der Waals surface area contributed by atoms with Crippen LogP contribution in [0.2, 0.25) is 0 Å². The van der Waals surface area contributed by atoms with Crippen molar-refractivity contribution >= 4 is 0 Å². The Bertz CT molecular complexity index is 233. The summed E-state index contributed by atoms with van der Waals surface area (Å²) in [7, 11) is 0. The summed E-state index contributed by atoms with van der Waals surface area (Å²) in [6.45, 7) is 1.25. The second-order valence-corrected chi connectivity index (χ2v) is 5.04. The minimum atomic E-state index is -1.28. The molecule has 2 aliphatic carbocycles. The molecule has 0 aromatic carbocycles. The van der Waals surface area contributed by atoms with E-state index in [0.29, 0.717) is 26.1 Å². The molecule has 0 radical (unpaired) electrons. The fraction of sp³-hybridized carbons (Fsp3) is 1.00. The van der Waals surface area contributed by atoms with Gasteiger partial charge in [0.05, 0.1) is 13.2 Å². The van der Waals surface area contributed by atoms with Crippen LogP contribution < -0.4 is 0 Å². The number of ether oxygens (including phenoxy) is 2.